The van der Waals surface area contributed by atoms with Gasteiger partial charge < -0.3 is 25.0 Å². The van der Waals surface area contributed by atoms with Gasteiger partial charge in [-0.3, -0.25) is 0 Å². The molecular weight excluding hydrogens is 330 g/mol. The number of hydrogen-bond acceptors (Lipinski definition) is 4. The summed E-state index contributed by atoms with van der Waals surface area (Å²) in [5, 5.41) is 6.20. The molecule has 2 aromatic carbocycles. The van der Waals surface area contributed by atoms with Gasteiger partial charge in [0.15, 0.2) is 11.5 Å². The average molecular weight is 355 g/mol. The van der Waals surface area contributed by atoms with Gasteiger partial charge in [0.25, 0.3) is 0 Å². The Morgan fingerprint density at radius 1 is 1.08 bits per heavy atom. The van der Waals surface area contributed by atoms with Crippen LogP contribution in [0.15, 0.2) is 48.5 Å². The van der Waals surface area contributed by atoms with E-state index in [2.05, 4.69) is 10.6 Å². The summed E-state index contributed by atoms with van der Waals surface area (Å²) in [7, 11) is 1.62. The van der Waals surface area contributed by atoms with E-state index in [1.54, 1.807) is 7.11 Å². The normalized spacial score (nSPS) is 14.0. The molecule has 2 N–H and O–H groups in total. The molecule has 2 aromatic rings. The molecule has 0 aromatic heterocycles. The number of methoxy groups -OCH3 is 1. The number of amides is 2. The van der Waals surface area contributed by atoms with Crippen molar-refractivity contribution in [1.82, 2.24) is 15.5 Å². The number of nitrogens with one attached hydrogen (secondary N) is 2. The molecule has 0 unspecified atom stereocenters. The van der Waals surface area contributed by atoms with Crippen molar-refractivity contribution in [3.05, 3.63) is 59.7 Å². The minimum absolute atomic E-state index is 0.0325. The van der Waals surface area contributed by atoms with E-state index in [0.717, 1.165) is 37.3 Å². The minimum Gasteiger partial charge on any atom is -0.493 e. The molecular formula is C20H25N3O3. The number of carbonyl (C=O) groups is 1. The molecule has 0 aliphatic carbocycles. The van der Waals surface area contributed by atoms with Gasteiger partial charge in [0.1, 0.15) is 6.61 Å². The molecule has 6 heteroatoms. The molecule has 26 heavy (non-hydrogen) atoms. The van der Waals surface area contributed by atoms with Crippen LogP contribution in [0.25, 0.3) is 0 Å². The molecule has 2 amide bonds. The summed E-state index contributed by atoms with van der Waals surface area (Å²) in [5.74, 6) is 1.35. The number of rotatable bonds is 6. The Balaban J connectivity index is 1.56. The van der Waals surface area contributed by atoms with Crippen molar-refractivity contribution in [3.63, 3.8) is 0 Å². The second-order valence-corrected chi connectivity index (χ2v) is 6.16. The maximum atomic E-state index is 12.2. The Kier molecular flexibility index (Phi) is 6.33. The van der Waals surface area contributed by atoms with Crippen LogP contribution in [0, 0.1) is 0 Å². The lowest BCUT2D eigenvalue weighted by Crippen LogP contribution is -2.50. The van der Waals surface area contributed by atoms with E-state index in [-0.39, 0.29) is 6.03 Å². The summed E-state index contributed by atoms with van der Waals surface area (Å²) in [4.78, 5) is 14.0. The Morgan fingerprint density at radius 3 is 2.58 bits per heavy atom. The van der Waals surface area contributed by atoms with Gasteiger partial charge in [-0.15, -0.1) is 0 Å². The van der Waals surface area contributed by atoms with E-state index in [9.17, 15) is 4.79 Å². The third-order valence-corrected chi connectivity index (χ3v) is 4.31. The fourth-order valence-corrected chi connectivity index (χ4v) is 2.83. The van der Waals surface area contributed by atoms with Crippen LogP contribution < -0.4 is 20.1 Å². The first-order valence-electron chi connectivity index (χ1n) is 8.83. The summed E-state index contributed by atoms with van der Waals surface area (Å²) < 4.78 is 11.3. The molecule has 0 atom stereocenters. The number of carbonyl (C=O) groups excluding carboxylic acids is 1. The standard InChI is InChI=1S/C20H25N3O3/c1-25-19-13-17(14-22-20(24)23-11-9-21-10-12-23)7-8-18(19)26-15-16-5-3-2-4-6-16/h2-8,13,21H,9-12,14-15H2,1H3,(H,22,24). The average Bonchev–Trinajstić information content (AvgIpc) is 2.72. The Morgan fingerprint density at radius 2 is 1.85 bits per heavy atom. The second kappa shape index (κ2) is 9.10. The van der Waals surface area contributed by atoms with Crippen molar-refractivity contribution in [3.8, 4) is 11.5 Å². The van der Waals surface area contributed by atoms with Gasteiger partial charge in [-0.1, -0.05) is 36.4 Å². The largest absolute Gasteiger partial charge is 0.493 e. The number of urea groups is 1. The van der Waals surface area contributed by atoms with Gasteiger partial charge in [-0.05, 0) is 23.3 Å². The van der Waals surface area contributed by atoms with Gasteiger partial charge in [-0.2, -0.15) is 0 Å². The first kappa shape index (κ1) is 18.1. The van der Waals surface area contributed by atoms with Gasteiger partial charge in [0.2, 0.25) is 0 Å². The number of benzene rings is 2. The second-order valence-electron chi connectivity index (χ2n) is 6.16. The van der Waals surface area contributed by atoms with Gasteiger partial charge >= 0.3 is 6.03 Å². The molecule has 6 nitrogen and oxygen atoms in total. The maximum Gasteiger partial charge on any atom is 0.317 e. The molecule has 1 saturated heterocycles. The van der Waals surface area contributed by atoms with Gasteiger partial charge in [0.05, 0.1) is 7.11 Å². The monoisotopic (exact) mass is 355 g/mol. The predicted octanol–water partition coefficient (Wildman–Crippen LogP) is 2.39. The van der Waals surface area contributed by atoms with Crippen LogP contribution in [-0.2, 0) is 13.2 Å². The van der Waals surface area contributed by atoms with Crippen molar-refractivity contribution in [2.24, 2.45) is 0 Å². The van der Waals surface area contributed by atoms with Crippen molar-refractivity contribution in [1.29, 1.82) is 0 Å². The van der Waals surface area contributed by atoms with Gasteiger partial charge in [-0.25, -0.2) is 4.79 Å². The number of ether oxygens (including phenoxy) is 2. The Bertz CT molecular complexity index is 715. The first-order chi connectivity index (χ1) is 12.8. The molecule has 0 spiro atoms. The number of nitrogens with zero attached hydrogens (tertiary/aromatic N) is 1. The topological polar surface area (TPSA) is 62.8 Å². The molecule has 3 rings (SSSR count). The zero-order valence-electron chi connectivity index (χ0n) is 15.0. The van der Waals surface area contributed by atoms with Crippen LogP contribution in [0.2, 0.25) is 0 Å². The van der Waals surface area contributed by atoms with Crippen LogP contribution in [0.1, 0.15) is 11.1 Å². The quantitative estimate of drug-likeness (QED) is 0.835. The van der Waals surface area contributed by atoms with Crippen molar-refractivity contribution in [2.75, 3.05) is 33.3 Å². The molecule has 0 bridgehead atoms. The first-order valence-corrected chi connectivity index (χ1v) is 8.83. The molecule has 0 radical (unpaired) electrons. The number of piperazine rings is 1. The minimum atomic E-state index is -0.0325. The fourth-order valence-electron chi connectivity index (χ4n) is 2.83. The third-order valence-electron chi connectivity index (χ3n) is 4.31. The van der Waals surface area contributed by atoms with Crippen molar-refractivity contribution in [2.45, 2.75) is 13.2 Å². The molecule has 138 valence electrons. The zero-order chi connectivity index (χ0) is 18.2. The van der Waals surface area contributed by atoms with Crippen molar-refractivity contribution >= 4 is 6.03 Å². The fraction of sp³-hybridized carbons (Fsp3) is 0.350. The summed E-state index contributed by atoms with van der Waals surface area (Å²) in [6, 6.07) is 15.7. The number of hydrogen-bond donors (Lipinski definition) is 2. The van der Waals surface area contributed by atoms with E-state index < -0.39 is 0 Å². The predicted molar refractivity (Wildman–Crippen MR) is 100 cm³/mol. The smallest absolute Gasteiger partial charge is 0.317 e. The Labute approximate surface area is 154 Å². The van der Waals surface area contributed by atoms with Crippen molar-refractivity contribution < 1.29 is 14.3 Å². The van der Waals surface area contributed by atoms with Crippen LogP contribution in [0.5, 0.6) is 11.5 Å². The molecule has 1 aliphatic rings. The van der Waals surface area contributed by atoms with E-state index in [0.29, 0.717) is 24.7 Å². The van der Waals surface area contributed by atoms with Crippen LogP contribution >= 0.6 is 0 Å². The highest BCUT2D eigenvalue weighted by atomic mass is 16.5. The molecule has 1 aliphatic heterocycles. The van der Waals surface area contributed by atoms with E-state index in [4.69, 9.17) is 9.47 Å². The third kappa shape index (κ3) is 4.89. The molecule has 1 fully saturated rings. The lowest BCUT2D eigenvalue weighted by molar-refractivity contribution is 0.189. The lowest BCUT2D eigenvalue weighted by Gasteiger charge is -2.27. The Hall–Kier alpha value is -2.73. The summed E-state index contributed by atoms with van der Waals surface area (Å²) in [6.45, 7) is 4.10. The summed E-state index contributed by atoms with van der Waals surface area (Å²) in [6.07, 6.45) is 0. The molecule has 1 heterocycles. The highest BCUT2D eigenvalue weighted by Gasteiger charge is 2.15. The van der Waals surface area contributed by atoms with E-state index in [1.807, 2.05) is 53.4 Å². The lowest BCUT2D eigenvalue weighted by atomic mass is 10.2. The van der Waals surface area contributed by atoms with Crippen LogP contribution in [-0.4, -0.2) is 44.2 Å². The highest BCUT2D eigenvalue weighted by molar-refractivity contribution is 5.74. The molecule has 0 saturated carbocycles. The van der Waals surface area contributed by atoms with Gasteiger partial charge in [0, 0.05) is 32.7 Å². The van der Waals surface area contributed by atoms with E-state index >= 15 is 0 Å². The van der Waals surface area contributed by atoms with Crippen LogP contribution in [0.4, 0.5) is 4.79 Å². The SMILES string of the molecule is COc1cc(CNC(=O)N2CCNCC2)ccc1OCc1ccccc1. The maximum absolute atomic E-state index is 12.2. The zero-order valence-corrected chi connectivity index (χ0v) is 15.0. The van der Waals surface area contributed by atoms with Crippen LogP contribution in [0.3, 0.4) is 0 Å². The highest BCUT2D eigenvalue weighted by Crippen LogP contribution is 2.28. The summed E-state index contributed by atoms with van der Waals surface area (Å²) in [5.41, 5.74) is 2.07. The summed E-state index contributed by atoms with van der Waals surface area (Å²) >= 11 is 0. The van der Waals surface area contributed by atoms with E-state index in [1.165, 1.54) is 0 Å².